The van der Waals surface area contributed by atoms with Crippen molar-refractivity contribution in [2.45, 2.75) is 27.2 Å². The molecule has 0 aromatic carbocycles. The minimum absolute atomic E-state index is 0.0419. The first-order valence-electron chi connectivity index (χ1n) is 5.93. The normalized spacial score (nSPS) is 19.0. The lowest BCUT2D eigenvalue weighted by Gasteiger charge is -2.11. The Labute approximate surface area is 112 Å². The van der Waals surface area contributed by atoms with Gasteiger partial charge in [0.2, 0.25) is 0 Å². The van der Waals surface area contributed by atoms with Gasteiger partial charge in [-0.2, -0.15) is 4.58 Å². The van der Waals surface area contributed by atoms with Gasteiger partial charge < -0.3 is 14.6 Å². The van der Waals surface area contributed by atoms with Gasteiger partial charge in [0.05, 0.1) is 14.2 Å². The monoisotopic (exact) mass is 270 g/mol. The second-order valence-corrected chi connectivity index (χ2v) is 5.34. The Morgan fingerprint density at radius 1 is 1.21 bits per heavy atom. The first-order chi connectivity index (χ1) is 8.73. The minimum atomic E-state index is -0.960. The fraction of sp³-hybridized carbons (Fsp3) is 0.615. The van der Waals surface area contributed by atoms with Crippen molar-refractivity contribution >= 4 is 17.7 Å². The highest BCUT2D eigenvalue weighted by Crippen LogP contribution is 2.29. The number of aliphatic hydroxyl groups is 1. The van der Waals surface area contributed by atoms with Gasteiger partial charge in [0.15, 0.2) is 12.3 Å². The van der Waals surface area contributed by atoms with Crippen molar-refractivity contribution in [1.29, 1.82) is 0 Å². The third-order valence-corrected chi connectivity index (χ3v) is 3.03. The molecular formula is C13H20NO5+. The summed E-state index contributed by atoms with van der Waals surface area (Å²) in [6.45, 7) is 6.45. The molecule has 19 heavy (non-hydrogen) atoms. The lowest BCUT2D eigenvalue weighted by molar-refractivity contribution is -0.478. The van der Waals surface area contributed by atoms with E-state index >= 15 is 0 Å². The van der Waals surface area contributed by atoms with E-state index in [4.69, 9.17) is 0 Å². The maximum absolute atomic E-state index is 11.8. The number of hydrogen-bond donors (Lipinski definition) is 1. The van der Waals surface area contributed by atoms with Crippen LogP contribution in [0.4, 0.5) is 0 Å². The quantitative estimate of drug-likeness (QED) is 0.358. The number of hydrogen-bond acceptors (Lipinski definition) is 5. The Balaban J connectivity index is 3.32. The first kappa shape index (κ1) is 15.2. The molecule has 1 aliphatic heterocycles. The zero-order valence-corrected chi connectivity index (χ0v) is 11.9. The van der Waals surface area contributed by atoms with Gasteiger partial charge in [0.1, 0.15) is 0 Å². The summed E-state index contributed by atoms with van der Waals surface area (Å²) < 4.78 is 10.7. The van der Waals surface area contributed by atoms with E-state index in [1.807, 2.05) is 20.8 Å². The number of rotatable bonds is 3. The number of aliphatic hydroxyl groups excluding tert-OH is 1. The molecule has 0 saturated carbocycles. The van der Waals surface area contributed by atoms with Crippen LogP contribution in [0.3, 0.4) is 0 Å². The molecule has 1 aliphatic rings. The third kappa shape index (κ3) is 3.13. The van der Waals surface area contributed by atoms with Gasteiger partial charge in [0.25, 0.3) is 5.76 Å². The highest BCUT2D eigenvalue weighted by molar-refractivity contribution is 5.97. The smallest absolute Gasteiger partial charge is 0.407 e. The fourth-order valence-electron chi connectivity index (χ4n) is 2.30. The second-order valence-electron chi connectivity index (χ2n) is 5.34. The van der Waals surface area contributed by atoms with Crippen LogP contribution in [0.1, 0.15) is 27.2 Å². The molecule has 0 radical (unpaired) electrons. The van der Waals surface area contributed by atoms with Crippen LogP contribution in [0.15, 0.2) is 11.5 Å². The van der Waals surface area contributed by atoms with Crippen LogP contribution in [0.25, 0.3) is 0 Å². The van der Waals surface area contributed by atoms with Gasteiger partial charge in [-0.3, -0.25) is 0 Å². The molecule has 0 amide bonds. The van der Waals surface area contributed by atoms with Crippen LogP contribution >= 0.6 is 0 Å². The molecule has 0 saturated heterocycles. The van der Waals surface area contributed by atoms with E-state index in [1.165, 1.54) is 7.11 Å². The zero-order valence-electron chi connectivity index (χ0n) is 11.9. The van der Waals surface area contributed by atoms with Crippen molar-refractivity contribution in [3.05, 3.63) is 11.5 Å². The van der Waals surface area contributed by atoms with E-state index in [-0.39, 0.29) is 11.1 Å². The Bertz CT molecular complexity index is 473. The van der Waals surface area contributed by atoms with Crippen molar-refractivity contribution in [1.82, 2.24) is 0 Å². The van der Waals surface area contributed by atoms with E-state index < -0.39 is 17.7 Å². The molecule has 0 fully saturated rings. The topological polar surface area (TPSA) is 75.8 Å². The number of methoxy groups -OCH3 is 2. The van der Waals surface area contributed by atoms with Crippen molar-refractivity contribution < 1.29 is 28.7 Å². The highest BCUT2D eigenvalue weighted by Gasteiger charge is 2.43. The molecule has 1 rings (SSSR count). The predicted octanol–water partition coefficient (Wildman–Crippen LogP) is 1.01. The van der Waals surface area contributed by atoms with E-state index in [9.17, 15) is 14.7 Å². The molecule has 0 bridgehead atoms. The van der Waals surface area contributed by atoms with Crippen molar-refractivity contribution in [2.75, 3.05) is 20.8 Å². The predicted molar refractivity (Wildman–Crippen MR) is 67.9 cm³/mol. The molecule has 1 N–H and O–H groups in total. The average Bonchev–Trinajstić information content (AvgIpc) is 2.61. The van der Waals surface area contributed by atoms with E-state index in [2.05, 4.69) is 9.47 Å². The lowest BCUT2D eigenvalue weighted by Crippen LogP contribution is -2.27. The maximum Gasteiger partial charge on any atom is 0.407 e. The standard InChI is InChI=1S/C13H19NO5/c1-8-6-13(2,3)7-14(8)9(11(16)18-4)10(15)12(17)19-5/h6-7H2,1-5H3/p+1. The minimum Gasteiger partial charge on any atom is -0.497 e. The summed E-state index contributed by atoms with van der Waals surface area (Å²) in [5.41, 5.74) is 0.679. The molecular weight excluding hydrogens is 250 g/mol. The summed E-state index contributed by atoms with van der Waals surface area (Å²) in [4.78, 5) is 23.2. The van der Waals surface area contributed by atoms with E-state index in [0.29, 0.717) is 6.54 Å². The van der Waals surface area contributed by atoms with Gasteiger partial charge >= 0.3 is 17.6 Å². The molecule has 0 aromatic heterocycles. The van der Waals surface area contributed by atoms with E-state index in [0.717, 1.165) is 19.2 Å². The van der Waals surface area contributed by atoms with Crippen LogP contribution in [0.5, 0.6) is 0 Å². The average molecular weight is 270 g/mol. The first-order valence-corrected chi connectivity index (χ1v) is 5.93. The number of carbonyl (C=O) groups is 2. The fourth-order valence-corrected chi connectivity index (χ4v) is 2.30. The SMILES string of the molecule is COC(=O)/C(O)=C(\C(=O)OC)[N+]1=C(C)CC(C)(C)C1. The zero-order chi connectivity index (χ0) is 14.8. The summed E-state index contributed by atoms with van der Waals surface area (Å²) >= 11 is 0. The summed E-state index contributed by atoms with van der Waals surface area (Å²) in [6.07, 6.45) is 0.766. The van der Waals surface area contributed by atoms with Crippen LogP contribution in [-0.2, 0) is 19.1 Å². The summed E-state index contributed by atoms with van der Waals surface area (Å²) in [7, 11) is 2.33. The Kier molecular flexibility index (Phi) is 4.34. The van der Waals surface area contributed by atoms with Crippen molar-refractivity contribution in [3.63, 3.8) is 0 Å². The Morgan fingerprint density at radius 2 is 1.74 bits per heavy atom. The van der Waals surface area contributed by atoms with Crippen LogP contribution in [-0.4, -0.2) is 48.1 Å². The molecule has 0 aromatic rings. The van der Waals surface area contributed by atoms with Crippen LogP contribution in [0.2, 0.25) is 0 Å². The number of carbonyl (C=O) groups excluding carboxylic acids is 2. The van der Waals surface area contributed by atoms with Crippen molar-refractivity contribution in [3.8, 4) is 0 Å². The van der Waals surface area contributed by atoms with Crippen molar-refractivity contribution in [2.24, 2.45) is 5.41 Å². The second kappa shape index (κ2) is 5.42. The number of esters is 2. The molecule has 1 heterocycles. The Morgan fingerprint density at radius 3 is 2.11 bits per heavy atom. The summed E-state index contributed by atoms with van der Waals surface area (Å²) in [6, 6.07) is 0. The van der Waals surface area contributed by atoms with Gasteiger partial charge in [-0.1, -0.05) is 13.8 Å². The maximum atomic E-state index is 11.8. The molecule has 0 unspecified atom stereocenters. The molecule has 6 heteroatoms. The molecule has 0 atom stereocenters. The molecule has 6 nitrogen and oxygen atoms in total. The molecule has 106 valence electrons. The van der Waals surface area contributed by atoms with Crippen LogP contribution in [0, 0.1) is 5.41 Å². The Hall–Kier alpha value is -1.85. The van der Waals surface area contributed by atoms with Gasteiger partial charge in [-0.15, -0.1) is 0 Å². The summed E-state index contributed by atoms with van der Waals surface area (Å²) in [5, 5.41) is 9.88. The van der Waals surface area contributed by atoms with Gasteiger partial charge in [-0.05, 0) is 0 Å². The number of nitrogens with zero attached hydrogens (tertiary/aromatic N) is 1. The van der Waals surface area contributed by atoms with Gasteiger partial charge in [0, 0.05) is 18.8 Å². The molecule has 0 aliphatic carbocycles. The molecule has 0 spiro atoms. The van der Waals surface area contributed by atoms with Crippen LogP contribution < -0.4 is 0 Å². The van der Waals surface area contributed by atoms with Gasteiger partial charge in [-0.25, -0.2) is 9.59 Å². The summed E-state index contributed by atoms with van der Waals surface area (Å²) in [5.74, 6) is -2.45. The van der Waals surface area contributed by atoms with E-state index in [1.54, 1.807) is 4.58 Å². The highest BCUT2D eigenvalue weighted by atomic mass is 16.5. The lowest BCUT2D eigenvalue weighted by atomic mass is 9.91. The number of ether oxygens (including phenoxy) is 2. The largest absolute Gasteiger partial charge is 0.497 e. The third-order valence-electron chi connectivity index (χ3n) is 3.03.